The highest BCUT2D eigenvalue weighted by atomic mass is 32.1. The van der Waals surface area contributed by atoms with E-state index in [1.54, 1.807) is 18.4 Å². The zero-order chi connectivity index (χ0) is 19.1. The number of hydrogen-bond donors (Lipinski definition) is 2. The zero-order valence-corrected chi connectivity index (χ0v) is 16.1. The van der Waals surface area contributed by atoms with Crippen LogP contribution in [-0.2, 0) is 11.3 Å². The topological polar surface area (TPSA) is 73.9 Å². The molecular formula is C19H24N4O3S. The van der Waals surface area contributed by atoms with E-state index in [1.165, 1.54) is 0 Å². The molecule has 1 aliphatic heterocycles. The molecule has 0 aliphatic carbocycles. The second-order valence-electron chi connectivity index (χ2n) is 6.25. The fraction of sp³-hybridized carbons (Fsp3) is 0.368. The number of rotatable bonds is 6. The molecule has 3 amide bonds. The first-order chi connectivity index (χ1) is 13.2. The second kappa shape index (κ2) is 9.38. The van der Waals surface area contributed by atoms with Gasteiger partial charge >= 0.3 is 6.03 Å². The lowest BCUT2D eigenvalue weighted by Gasteiger charge is -2.36. The Morgan fingerprint density at radius 1 is 1.11 bits per heavy atom. The number of carbonyl (C=O) groups is 2. The van der Waals surface area contributed by atoms with Gasteiger partial charge in [0.15, 0.2) is 0 Å². The SMILES string of the molecule is COc1ccccc1N1CCN(CC(=O)NC(=O)NCc2cccs2)CC1. The van der Waals surface area contributed by atoms with E-state index in [1.807, 2.05) is 46.7 Å². The van der Waals surface area contributed by atoms with Crippen LogP contribution in [0.4, 0.5) is 10.5 Å². The molecule has 2 aromatic rings. The third-order valence-electron chi connectivity index (χ3n) is 4.42. The molecule has 0 atom stereocenters. The molecule has 0 radical (unpaired) electrons. The molecule has 7 nitrogen and oxygen atoms in total. The number of piperazine rings is 1. The van der Waals surface area contributed by atoms with Crippen LogP contribution in [0.2, 0.25) is 0 Å². The van der Waals surface area contributed by atoms with Crippen molar-refractivity contribution in [2.45, 2.75) is 6.54 Å². The van der Waals surface area contributed by atoms with Gasteiger partial charge in [0.1, 0.15) is 5.75 Å². The summed E-state index contributed by atoms with van der Waals surface area (Å²) in [6.45, 7) is 3.75. The highest BCUT2D eigenvalue weighted by Gasteiger charge is 2.21. The van der Waals surface area contributed by atoms with Crippen LogP contribution in [0.3, 0.4) is 0 Å². The predicted molar refractivity (Wildman–Crippen MR) is 106 cm³/mol. The number of benzene rings is 1. The largest absolute Gasteiger partial charge is 0.495 e. The first-order valence-electron chi connectivity index (χ1n) is 8.86. The van der Waals surface area contributed by atoms with Crippen molar-refractivity contribution in [3.63, 3.8) is 0 Å². The Bertz CT molecular complexity index is 758. The molecule has 1 saturated heterocycles. The number of imide groups is 1. The average Bonchev–Trinajstić information content (AvgIpc) is 3.20. The summed E-state index contributed by atoms with van der Waals surface area (Å²) >= 11 is 1.56. The van der Waals surface area contributed by atoms with Gasteiger partial charge in [-0.15, -0.1) is 11.3 Å². The van der Waals surface area contributed by atoms with Gasteiger partial charge in [-0.05, 0) is 23.6 Å². The minimum atomic E-state index is -0.457. The number of methoxy groups -OCH3 is 1. The molecule has 1 aliphatic rings. The quantitative estimate of drug-likeness (QED) is 0.791. The highest BCUT2D eigenvalue weighted by Crippen LogP contribution is 2.28. The Morgan fingerprint density at radius 3 is 2.59 bits per heavy atom. The first-order valence-corrected chi connectivity index (χ1v) is 9.74. The van der Waals surface area contributed by atoms with Crippen molar-refractivity contribution in [3.05, 3.63) is 46.7 Å². The number of nitrogens with one attached hydrogen (secondary N) is 2. The molecule has 27 heavy (non-hydrogen) atoms. The Hall–Kier alpha value is -2.58. The number of ether oxygens (including phenoxy) is 1. The van der Waals surface area contributed by atoms with Crippen molar-refractivity contribution < 1.29 is 14.3 Å². The van der Waals surface area contributed by atoms with Gasteiger partial charge in [-0.25, -0.2) is 4.79 Å². The minimum absolute atomic E-state index is 0.214. The lowest BCUT2D eigenvalue weighted by molar-refractivity contribution is -0.121. The van der Waals surface area contributed by atoms with Crippen LogP contribution in [0, 0.1) is 0 Å². The third-order valence-corrected chi connectivity index (χ3v) is 5.30. The number of amides is 3. The van der Waals surface area contributed by atoms with E-state index >= 15 is 0 Å². The summed E-state index contributed by atoms with van der Waals surface area (Å²) < 4.78 is 5.42. The Kier molecular flexibility index (Phi) is 6.67. The number of para-hydroxylation sites is 2. The van der Waals surface area contributed by atoms with E-state index in [-0.39, 0.29) is 12.5 Å². The summed E-state index contributed by atoms with van der Waals surface area (Å²) in [4.78, 5) is 29.3. The molecule has 3 rings (SSSR count). The number of nitrogens with zero attached hydrogens (tertiary/aromatic N) is 2. The molecule has 0 bridgehead atoms. The van der Waals surface area contributed by atoms with Gasteiger partial charge in [0.05, 0.1) is 25.9 Å². The Morgan fingerprint density at radius 2 is 1.89 bits per heavy atom. The van der Waals surface area contributed by atoms with Gasteiger partial charge in [-0.1, -0.05) is 18.2 Å². The highest BCUT2D eigenvalue weighted by molar-refractivity contribution is 7.09. The zero-order valence-electron chi connectivity index (χ0n) is 15.3. The van der Waals surface area contributed by atoms with Crippen LogP contribution in [0.25, 0.3) is 0 Å². The normalized spacial score (nSPS) is 14.6. The van der Waals surface area contributed by atoms with Gasteiger partial charge in [-0.2, -0.15) is 0 Å². The summed E-state index contributed by atoms with van der Waals surface area (Å²) in [5.41, 5.74) is 1.07. The van der Waals surface area contributed by atoms with Crippen LogP contribution in [0.5, 0.6) is 5.75 Å². The van der Waals surface area contributed by atoms with E-state index in [0.29, 0.717) is 6.54 Å². The van der Waals surface area contributed by atoms with Crippen LogP contribution in [0.15, 0.2) is 41.8 Å². The predicted octanol–water partition coefficient (Wildman–Crippen LogP) is 1.90. The monoisotopic (exact) mass is 388 g/mol. The van der Waals surface area contributed by atoms with Crippen molar-refractivity contribution in [2.24, 2.45) is 0 Å². The summed E-state index contributed by atoms with van der Waals surface area (Å²) in [7, 11) is 1.67. The number of urea groups is 1. The van der Waals surface area contributed by atoms with Gasteiger partial charge < -0.3 is 15.0 Å². The average molecular weight is 388 g/mol. The molecule has 0 saturated carbocycles. The van der Waals surface area contributed by atoms with Crippen LogP contribution in [0.1, 0.15) is 4.88 Å². The van der Waals surface area contributed by atoms with Crippen molar-refractivity contribution in [1.29, 1.82) is 0 Å². The molecule has 1 aromatic carbocycles. The fourth-order valence-electron chi connectivity index (χ4n) is 3.03. The number of carbonyl (C=O) groups excluding carboxylic acids is 2. The maximum absolute atomic E-state index is 12.1. The smallest absolute Gasteiger partial charge is 0.321 e. The molecule has 1 aromatic heterocycles. The van der Waals surface area contributed by atoms with E-state index in [2.05, 4.69) is 15.5 Å². The molecule has 0 spiro atoms. The van der Waals surface area contributed by atoms with Gasteiger partial charge in [0, 0.05) is 31.1 Å². The fourth-order valence-corrected chi connectivity index (χ4v) is 3.68. The van der Waals surface area contributed by atoms with Crippen LogP contribution in [-0.4, -0.2) is 56.7 Å². The minimum Gasteiger partial charge on any atom is -0.495 e. The van der Waals surface area contributed by atoms with E-state index < -0.39 is 6.03 Å². The molecule has 8 heteroatoms. The third kappa shape index (κ3) is 5.45. The molecule has 144 valence electrons. The van der Waals surface area contributed by atoms with E-state index in [4.69, 9.17) is 4.74 Å². The molecular weight excluding hydrogens is 364 g/mol. The molecule has 2 heterocycles. The molecule has 1 fully saturated rings. The van der Waals surface area contributed by atoms with Gasteiger partial charge in [0.25, 0.3) is 0 Å². The van der Waals surface area contributed by atoms with E-state index in [9.17, 15) is 9.59 Å². The van der Waals surface area contributed by atoms with Gasteiger partial charge in [-0.3, -0.25) is 15.0 Å². The lowest BCUT2D eigenvalue weighted by atomic mass is 10.2. The Balaban J connectivity index is 1.40. The summed E-state index contributed by atoms with van der Waals surface area (Å²) in [5.74, 6) is 0.565. The maximum atomic E-state index is 12.1. The molecule has 2 N–H and O–H groups in total. The summed E-state index contributed by atoms with van der Waals surface area (Å²) in [6.07, 6.45) is 0. The van der Waals surface area contributed by atoms with Crippen molar-refractivity contribution in [1.82, 2.24) is 15.5 Å². The Labute approximate surface area is 162 Å². The van der Waals surface area contributed by atoms with Crippen molar-refractivity contribution in [2.75, 3.05) is 44.7 Å². The van der Waals surface area contributed by atoms with E-state index in [0.717, 1.165) is 42.5 Å². The first kappa shape index (κ1) is 19.2. The standard InChI is InChI=1S/C19H24N4O3S/c1-26-17-7-3-2-6-16(17)23-10-8-22(9-11-23)14-18(24)21-19(25)20-13-15-5-4-12-27-15/h2-7,12H,8-11,13-14H2,1H3,(H2,20,21,24,25). The number of anilines is 1. The van der Waals surface area contributed by atoms with Crippen LogP contribution < -0.4 is 20.3 Å². The van der Waals surface area contributed by atoms with Gasteiger partial charge in [0.2, 0.25) is 5.91 Å². The summed E-state index contributed by atoms with van der Waals surface area (Å²) in [6, 6.07) is 11.3. The molecule has 0 unspecified atom stereocenters. The summed E-state index contributed by atoms with van der Waals surface area (Å²) in [5, 5.41) is 7.03. The number of hydrogen-bond acceptors (Lipinski definition) is 6. The van der Waals surface area contributed by atoms with Crippen molar-refractivity contribution >= 4 is 29.0 Å². The maximum Gasteiger partial charge on any atom is 0.321 e. The lowest BCUT2D eigenvalue weighted by Crippen LogP contribution is -2.51. The second-order valence-corrected chi connectivity index (χ2v) is 7.28. The van der Waals surface area contributed by atoms with Crippen molar-refractivity contribution in [3.8, 4) is 5.75 Å². The number of thiophene rings is 1. The van der Waals surface area contributed by atoms with Crippen LogP contribution >= 0.6 is 11.3 Å².